The summed E-state index contributed by atoms with van der Waals surface area (Å²) in [5.74, 6) is 0.967. The fraction of sp³-hybridized carbons (Fsp3) is 0.318. The summed E-state index contributed by atoms with van der Waals surface area (Å²) < 4.78 is 2.02. The Bertz CT molecular complexity index is 1240. The molecule has 0 aliphatic carbocycles. The van der Waals surface area contributed by atoms with Gasteiger partial charge in [0, 0.05) is 46.2 Å². The topological polar surface area (TPSA) is 56.8 Å². The van der Waals surface area contributed by atoms with Gasteiger partial charge in [-0.15, -0.1) is 0 Å². The Morgan fingerprint density at radius 3 is 2.57 bits per heavy atom. The van der Waals surface area contributed by atoms with Crippen LogP contribution in [0, 0.1) is 5.92 Å². The van der Waals surface area contributed by atoms with E-state index in [1.807, 2.05) is 41.3 Å². The quantitative estimate of drug-likeness (QED) is 0.535. The molecule has 3 fully saturated rings. The lowest BCUT2D eigenvalue weighted by atomic mass is 9.75. The van der Waals surface area contributed by atoms with Crippen LogP contribution in [0.15, 0.2) is 47.5 Å². The Kier molecular flexibility index (Phi) is 3.52. The van der Waals surface area contributed by atoms with Crippen molar-refractivity contribution >= 4 is 33.4 Å². The first-order valence-corrected chi connectivity index (χ1v) is 10.3. The number of H-pyrrole nitrogens is 2. The SMILES string of the molecule is O=c1c(C2CN3CCC2CC3)cc2[nH]n(-c3ccc(Cl)cc3)c3c[nH]cc1c23. The van der Waals surface area contributed by atoms with Crippen LogP contribution in [0.1, 0.15) is 24.3 Å². The average molecular weight is 393 g/mol. The van der Waals surface area contributed by atoms with Crippen molar-refractivity contribution in [1.82, 2.24) is 19.7 Å². The van der Waals surface area contributed by atoms with E-state index >= 15 is 0 Å². The molecule has 6 heteroatoms. The molecule has 2 bridgehead atoms. The maximum Gasteiger partial charge on any atom is 0.191 e. The molecule has 28 heavy (non-hydrogen) atoms. The third-order valence-electron chi connectivity index (χ3n) is 6.66. The minimum absolute atomic E-state index is 0.176. The molecule has 1 atom stereocenters. The highest BCUT2D eigenvalue weighted by Gasteiger charge is 2.36. The first-order valence-electron chi connectivity index (χ1n) is 9.91. The van der Waals surface area contributed by atoms with Crippen LogP contribution in [-0.4, -0.2) is 39.3 Å². The minimum Gasteiger partial charge on any atom is -0.365 e. The third-order valence-corrected chi connectivity index (χ3v) is 6.91. The molecule has 5 heterocycles. The number of pyridine rings is 1. The lowest BCUT2D eigenvalue weighted by molar-refractivity contribution is 0.0868. The van der Waals surface area contributed by atoms with E-state index in [0.29, 0.717) is 16.9 Å². The van der Waals surface area contributed by atoms with Crippen LogP contribution in [0.3, 0.4) is 0 Å². The predicted octanol–water partition coefficient (Wildman–Crippen LogP) is 4.26. The average Bonchev–Trinajstić information content (AvgIpc) is 3.11. The lowest BCUT2D eigenvalue weighted by Crippen LogP contribution is -2.47. The van der Waals surface area contributed by atoms with Crippen molar-refractivity contribution in [1.29, 1.82) is 0 Å². The number of hydrogen-bond acceptors (Lipinski definition) is 2. The van der Waals surface area contributed by atoms with E-state index in [9.17, 15) is 4.79 Å². The second-order valence-electron chi connectivity index (χ2n) is 8.14. The fourth-order valence-corrected chi connectivity index (χ4v) is 5.35. The number of halogens is 1. The van der Waals surface area contributed by atoms with Crippen molar-refractivity contribution in [3.8, 4) is 5.69 Å². The second-order valence-corrected chi connectivity index (χ2v) is 8.58. The van der Waals surface area contributed by atoms with Crippen molar-refractivity contribution in [2.45, 2.75) is 18.8 Å². The molecule has 2 N–H and O–H groups in total. The minimum atomic E-state index is 0.176. The Balaban J connectivity index is 1.58. The normalized spacial score (nSPS) is 24.4. The third kappa shape index (κ3) is 2.33. The molecule has 2 aromatic carbocycles. The molecule has 2 aromatic heterocycles. The fourth-order valence-electron chi connectivity index (χ4n) is 5.23. The van der Waals surface area contributed by atoms with Crippen LogP contribution in [0.2, 0.25) is 5.02 Å². The summed E-state index contributed by atoms with van der Waals surface area (Å²) in [4.78, 5) is 19.1. The van der Waals surface area contributed by atoms with Gasteiger partial charge in [-0.1, -0.05) is 11.6 Å². The number of benzene rings is 2. The lowest BCUT2D eigenvalue weighted by Gasteiger charge is -2.44. The molecule has 3 aliphatic heterocycles. The van der Waals surface area contributed by atoms with E-state index in [1.165, 1.54) is 25.9 Å². The molecule has 0 saturated carbocycles. The maximum absolute atomic E-state index is 13.4. The van der Waals surface area contributed by atoms with Crippen LogP contribution in [0.25, 0.3) is 27.5 Å². The van der Waals surface area contributed by atoms with Gasteiger partial charge in [0.2, 0.25) is 0 Å². The van der Waals surface area contributed by atoms with Crippen molar-refractivity contribution < 1.29 is 0 Å². The Hall–Kier alpha value is -2.50. The van der Waals surface area contributed by atoms with Gasteiger partial charge in [0.1, 0.15) is 0 Å². The van der Waals surface area contributed by atoms with Crippen LogP contribution in [0.4, 0.5) is 0 Å². The van der Waals surface area contributed by atoms with Crippen LogP contribution < -0.4 is 5.43 Å². The highest BCUT2D eigenvalue weighted by molar-refractivity contribution is 6.30. The first kappa shape index (κ1) is 16.5. The maximum atomic E-state index is 13.4. The van der Waals surface area contributed by atoms with E-state index in [1.54, 1.807) is 0 Å². The summed E-state index contributed by atoms with van der Waals surface area (Å²) in [5.41, 5.74) is 4.11. The molecule has 4 aromatic rings. The van der Waals surface area contributed by atoms with Crippen LogP contribution >= 0.6 is 11.6 Å². The zero-order valence-corrected chi connectivity index (χ0v) is 16.2. The number of fused-ring (bicyclic) bond motifs is 3. The van der Waals surface area contributed by atoms with E-state index in [-0.39, 0.29) is 5.43 Å². The number of aromatic amines is 2. The Morgan fingerprint density at radius 2 is 1.86 bits per heavy atom. The zero-order chi connectivity index (χ0) is 18.8. The molecule has 3 aliphatic rings. The number of nitrogens with zero attached hydrogens (tertiary/aromatic N) is 2. The van der Waals surface area contributed by atoms with E-state index in [0.717, 1.165) is 39.6 Å². The summed E-state index contributed by atoms with van der Waals surface area (Å²) in [7, 11) is 0. The molecule has 0 spiro atoms. The molecule has 7 rings (SSSR count). The van der Waals surface area contributed by atoms with Gasteiger partial charge in [-0.2, -0.15) is 0 Å². The van der Waals surface area contributed by atoms with Gasteiger partial charge in [-0.3, -0.25) is 14.6 Å². The monoisotopic (exact) mass is 392 g/mol. The number of nitrogens with one attached hydrogen (secondary N) is 2. The molecule has 5 nitrogen and oxygen atoms in total. The van der Waals surface area contributed by atoms with Gasteiger partial charge in [0.25, 0.3) is 0 Å². The van der Waals surface area contributed by atoms with Crippen molar-refractivity contribution in [2.75, 3.05) is 19.6 Å². The molecule has 1 unspecified atom stereocenters. The number of piperidine rings is 3. The highest BCUT2D eigenvalue weighted by atomic mass is 35.5. The molecular formula is C22H21ClN4O. The van der Waals surface area contributed by atoms with Gasteiger partial charge in [0.15, 0.2) is 5.43 Å². The molecule has 0 amide bonds. The second kappa shape index (κ2) is 6.00. The smallest absolute Gasteiger partial charge is 0.191 e. The van der Waals surface area contributed by atoms with E-state index in [4.69, 9.17) is 11.6 Å². The summed E-state index contributed by atoms with van der Waals surface area (Å²) in [6.07, 6.45) is 6.19. The summed E-state index contributed by atoms with van der Waals surface area (Å²) >= 11 is 6.06. The van der Waals surface area contributed by atoms with Gasteiger partial charge >= 0.3 is 0 Å². The number of hydrogen-bond donors (Lipinski definition) is 2. The predicted molar refractivity (Wildman–Crippen MR) is 113 cm³/mol. The van der Waals surface area contributed by atoms with Crippen molar-refractivity contribution in [3.05, 3.63) is 63.5 Å². The first-order chi connectivity index (χ1) is 13.7. The molecular weight excluding hydrogens is 372 g/mol. The molecule has 3 saturated heterocycles. The standard InChI is InChI=1S/C22H21ClN4O/c23-14-1-3-15(4-2-14)27-20-11-24-10-17-21(20)19(25-27)9-16(22(17)28)18-12-26-7-5-13(18)6-8-26/h1-4,9-11,13,18,24-25H,5-8,12H2. The molecule has 142 valence electrons. The summed E-state index contributed by atoms with van der Waals surface area (Å²) in [5, 5.41) is 5.98. The number of aromatic nitrogens is 3. The Labute approximate surface area is 166 Å². The van der Waals surface area contributed by atoms with Crippen molar-refractivity contribution in [3.63, 3.8) is 0 Å². The van der Waals surface area contributed by atoms with E-state index < -0.39 is 0 Å². The van der Waals surface area contributed by atoms with Crippen molar-refractivity contribution in [2.24, 2.45) is 5.92 Å². The molecule has 0 radical (unpaired) electrons. The zero-order valence-electron chi connectivity index (χ0n) is 15.4. The van der Waals surface area contributed by atoms with Gasteiger partial charge in [-0.25, -0.2) is 0 Å². The summed E-state index contributed by atoms with van der Waals surface area (Å²) in [6.45, 7) is 3.36. The number of rotatable bonds is 2. The van der Waals surface area contributed by atoms with Gasteiger partial charge < -0.3 is 9.88 Å². The highest BCUT2D eigenvalue weighted by Crippen LogP contribution is 2.39. The largest absolute Gasteiger partial charge is 0.365 e. The summed E-state index contributed by atoms with van der Waals surface area (Å²) in [6, 6.07) is 9.82. The Morgan fingerprint density at radius 1 is 1.07 bits per heavy atom. The van der Waals surface area contributed by atoms with Gasteiger partial charge in [-0.05, 0) is 62.2 Å². The van der Waals surface area contributed by atoms with Crippen LogP contribution in [-0.2, 0) is 0 Å². The van der Waals surface area contributed by atoms with Crippen LogP contribution in [0.5, 0.6) is 0 Å². The van der Waals surface area contributed by atoms with Gasteiger partial charge in [0.05, 0.1) is 16.7 Å². The van der Waals surface area contributed by atoms with E-state index in [2.05, 4.69) is 21.0 Å².